The molecule has 0 spiro atoms. The van der Waals surface area contributed by atoms with Crippen LogP contribution in [0.25, 0.3) is 11.1 Å². The lowest BCUT2D eigenvalue weighted by Crippen LogP contribution is -2.48. The number of hydrogen-bond acceptors (Lipinski definition) is 4. The molecular weight excluding hydrogens is 486 g/mol. The molecule has 2 N–H and O–H groups in total. The van der Waals surface area contributed by atoms with E-state index in [-0.39, 0.29) is 11.8 Å². The number of amides is 2. The van der Waals surface area contributed by atoms with Crippen molar-refractivity contribution in [1.82, 2.24) is 20.1 Å². The fourth-order valence-corrected chi connectivity index (χ4v) is 4.76. The number of aromatic nitrogens is 3. The van der Waals surface area contributed by atoms with Gasteiger partial charge in [-0.25, -0.2) is 0 Å². The van der Waals surface area contributed by atoms with Crippen molar-refractivity contribution in [1.29, 1.82) is 0 Å². The van der Waals surface area contributed by atoms with Crippen LogP contribution in [0.3, 0.4) is 0 Å². The Morgan fingerprint density at radius 2 is 1.44 bits per heavy atom. The quantitative estimate of drug-likeness (QED) is 0.291. The average molecular weight is 516 g/mol. The van der Waals surface area contributed by atoms with Crippen molar-refractivity contribution >= 4 is 17.5 Å². The van der Waals surface area contributed by atoms with Crippen molar-refractivity contribution in [2.45, 2.75) is 18.9 Å². The number of aryl methyl sites for hydroxylation is 2. The molecule has 3 aromatic carbocycles. The molecule has 39 heavy (non-hydrogen) atoms. The zero-order chi connectivity index (χ0) is 27.2. The van der Waals surface area contributed by atoms with Gasteiger partial charge in [0.05, 0.1) is 0 Å². The van der Waals surface area contributed by atoms with E-state index in [4.69, 9.17) is 0 Å². The van der Waals surface area contributed by atoms with Crippen molar-refractivity contribution in [3.8, 4) is 11.1 Å². The van der Waals surface area contributed by atoms with E-state index in [9.17, 15) is 9.59 Å². The van der Waals surface area contributed by atoms with Crippen LogP contribution in [0.1, 0.15) is 33.1 Å². The fraction of sp³-hybridized carbons (Fsp3) is 0.125. The van der Waals surface area contributed by atoms with Crippen LogP contribution in [0.15, 0.2) is 116 Å². The lowest BCUT2D eigenvalue weighted by atomic mass is 9.84. The molecular formula is C32H29N5O2. The Kier molecular flexibility index (Phi) is 7.59. The Labute approximate surface area is 227 Å². The zero-order valence-corrected chi connectivity index (χ0v) is 21.8. The molecule has 0 fully saturated rings. The predicted molar refractivity (Wildman–Crippen MR) is 152 cm³/mol. The number of nitrogens with zero attached hydrogens (tertiary/aromatic N) is 3. The molecule has 5 aromatic rings. The molecule has 0 saturated carbocycles. The van der Waals surface area contributed by atoms with E-state index in [1.54, 1.807) is 25.5 Å². The molecule has 0 aliphatic rings. The number of carbonyl (C=O) groups is 2. The first-order valence-electron chi connectivity index (χ1n) is 12.7. The molecule has 0 bridgehead atoms. The Morgan fingerprint density at radius 3 is 2.00 bits per heavy atom. The highest BCUT2D eigenvalue weighted by atomic mass is 16.2. The van der Waals surface area contributed by atoms with Gasteiger partial charge in [0, 0.05) is 37.2 Å². The van der Waals surface area contributed by atoms with E-state index in [0.29, 0.717) is 11.4 Å². The maximum Gasteiger partial charge on any atom is 0.270 e. The molecule has 0 aliphatic heterocycles. The molecule has 2 aromatic heterocycles. The van der Waals surface area contributed by atoms with Gasteiger partial charge < -0.3 is 10.6 Å². The molecule has 7 heteroatoms. The van der Waals surface area contributed by atoms with Gasteiger partial charge in [0.1, 0.15) is 11.7 Å². The number of hydrogen-bond donors (Lipinski definition) is 2. The minimum Gasteiger partial charge on any atom is -0.338 e. The van der Waals surface area contributed by atoms with Crippen LogP contribution in [0, 0.1) is 6.92 Å². The third kappa shape index (κ3) is 5.78. The Bertz CT molecular complexity index is 1520. The van der Waals surface area contributed by atoms with Crippen LogP contribution in [0.5, 0.6) is 0 Å². The Morgan fingerprint density at radius 1 is 0.795 bits per heavy atom. The molecule has 5 rings (SSSR count). The average Bonchev–Trinajstić information content (AvgIpc) is 3.40. The highest BCUT2D eigenvalue weighted by Gasteiger charge is 2.33. The van der Waals surface area contributed by atoms with E-state index in [2.05, 4.69) is 20.7 Å². The molecule has 0 saturated heterocycles. The van der Waals surface area contributed by atoms with Crippen LogP contribution in [0.4, 0.5) is 5.69 Å². The first kappa shape index (κ1) is 25.6. The summed E-state index contributed by atoms with van der Waals surface area (Å²) in [6.45, 7) is 2.01. The van der Waals surface area contributed by atoms with Gasteiger partial charge in [-0.15, -0.1) is 0 Å². The second-order valence-corrected chi connectivity index (χ2v) is 9.35. The van der Waals surface area contributed by atoms with Gasteiger partial charge in [-0.1, -0.05) is 72.8 Å². The van der Waals surface area contributed by atoms with Gasteiger partial charge in [-0.2, -0.15) is 5.10 Å². The van der Waals surface area contributed by atoms with Crippen molar-refractivity contribution in [2.24, 2.45) is 7.05 Å². The van der Waals surface area contributed by atoms with Crippen LogP contribution in [-0.4, -0.2) is 32.6 Å². The van der Waals surface area contributed by atoms with Crippen LogP contribution in [-0.2, 0) is 11.8 Å². The molecule has 1 atom stereocenters. The van der Waals surface area contributed by atoms with Crippen LogP contribution in [0.2, 0.25) is 0 Å². The number of carbonyl (C=O) groups excluding carboxylic acids is 2. The molecule has 2 amide bonds. The maximum absolute atomic E-state index is 13.9. The predicted octanol–water partition coefficient (Wildman–Crippen LogP) is 5.36. The molecule has 7 nitrogen and oxygen atoms in total. The number of anilines is 1. The van der Waals surface area contributed by atoms with Crippen molar-refractivity contribution in [3.05, 3.63) is 138 Å². The fourth-order valence-electron chi connectivity index (χ4n) is 4.76. The topological polar surface area (TPSA) is 88.9 Å². The largest absolute Gasteiger partial charge is 0.338 e. The van der Waals surface area contributed by atoms with Gasteiger partial charge in [-0.05, 0) is 59.0 Å². The third-order valence-electron chi connectivity index (χ3n) is 6.76. The molecule has 2 heterocycles. The standard InChI is InChI=1S/C32H29N5O2/c1-22-21-33-19-17-27(22)23-13-15-26(16-14-23)35-32(39)30(36-31(38)28-18-20-34-37(28)2)29(24-9-5-3-6-10-24)25-11-7-4-8-12-25/h3-21,29-30H,1-2H3,(H,35,39)(H,36,38)/t30-/m0/s1. The van der Waals surface area contributed by atoms with Gasteiger partial charge in [0.2, 0.25) is 5.91 Å². The van der Waals surface area contributed by atoms with Gasteiger partial charge in [0.15, 0.2) is 0 Å². The summed E-state index contributed by atoms with van der Waals surface area (Å²) in [5, 5.41) is 10.1. The van der Waals surface area contributed by atoms with Gasteiger partial charge in [-0.3, -0.25) is 19.3 Å². The van der Waals surface area contributed by atoms with E-state index < -0.39 is 12.0 Å². The second kappa shape index (κ2) is 11.6. The van der Waals surface area contributed by atoms with E-state index >= 15 is 0 Å². The van der Waals surface area contributed by atoms with E-state index in [1.165, 1.54) is 4.68 Å². The lowest BCUT2D eigenvalue weighted by Gasteiger charge is -2.28. The Balaban J connectivity index is 1.49. The summed E-state index contributed by atoms with van der Waals surface area (Å²) in [6.07, 6.45) is 5.15. The smallest absolute Gasteiger partial charge is 0.270 e. The van der Waals surface area contributed by atoms with Crippen molar-refractivity contribution in [2.75, 3.05) is 5.32 Å². The second-order valence-electron chi connectivity index (χ2n) is 9.35. The minimum atomic E-state index is -0.903. The first-order chi connectivity index (χ1) is 19.0. The zero-order valence-electron chi connectivity index (χ0n) is 21.8. The number of benzene rings is 3. The molecule has 194 valence electrons. The van der Waals surface area contributed by atoms with Crippen molar-refractivity contribution < 1.29 is 9.59 Å². The monoisotopic (exact) mass is 515 g/mol. The summed E-state index contributed by atoms with van der Waals surface area (Å²) in [6, 6.07) is 29.8. The number of nitrogens with one attached hydrogen (secondary N) is 2. The van der Waals surface area contributed by atoms with Crippen molar-refractivity contribution in [3.63, 3.8) is 0 Å². The normalized spacial score (nSPS) is 11.7. The van der Waals surface area contributed by atoms with E-state index in [0.717, 1.165) is 27.8 Å². The van der Waals surface area contributed by atoms with Gasteiger partial charge in [0.25, 0.3) is 5.91 Å². The van der Waals surface area contributed by atoms with Crippen LogP contribution >= 0.6 is 0 Å². The maximum atomic E-state index is 13.9. The lowest BCUT2D eigenvalue weighted by molar-refractivity contribution is -0.118. The summed E-state index contributed by atoms with van der Waals surface area (Å²) in [5.41, 5.74) is 6.01. The summed E-state index contributed by atoms with van der Waals surface area (Å²) in [7, 11) is 1.70. The van der Waals surface area contributed by atoms with Gasteiger partial charge >= 0.3 is 0 Å². The SMILES string of the molecule is Cc1cnccc1-c1ccc(NC(=O)[C@@H](NC(=O)c2ccnn2C)C(c2ccccc2)c2ccccc2)cc1. The highest BCUT2D eigenvalue weighted by molar-refractivity contribution is 6.01. The Hall–Kier alpha value is -5.04. The minimum absolute atomic E-state index is 0.323. The van der Waals surface area contributed by atoms with Crippen LogP contribution < -0.4 is 10.6 Å². The number of rotatable bonds is 8. The number of pyridine rings is 1. The molecule has 0 radical (unpaired) electrons. The summed E-state index contributed by atoms with van der Waals surface area (Å²) >= 11 is 0. The summed E-state index contributed by atoms with van der Waals surface area (Å²) < 4.78 is 1.49. The molecule has 0 aliphatic carbocycles. The third-order valence-corrected chi connectivity index (χ3v) is 6.76. The molecule has 0 unspecified atom stereocenters. The summed E-state index contributed by atoms with van der Waals surface area (Å²) in [5.74, 6) is -1.13. The first-order valence-corrected chi connectivity index (χ1v) is 12.7. The summed E-state index contributed by atoms with van der Waals surface area (Å²) in [4.78, 5) is 31.4. The van der Waals surface area contributed by atoms with E-state index in [1.807, 2.05) is 104 Å². The highest BCUT2D eigenvalue weighted by Crippen LogP contribution is 2.30.